The summed E-state index contributed by atoms with van der Waals surface area (Å²) in [6.45, 7) is -0.774. The van der Waals surface area contributed by atoms with Gasteiger partial charge in [0.25, 0.3) is 0 Å². The maximum Gasteiger partial charge on any atom is 0.402 e. The van der Waals surface area contributed by atoms with Crippen LogP contribution in [0.1, 0.15) is 17.2 Å². The first-order chi connectivity index (χ1) is 26.7. The second-order valence-electron chi connectivity index (χ2n) is 13.2. The standard InChI is InChI=1S/C38H36O18/c1-51-24-6-14(7-25(52-2)30(24)47)35-26(53-38-33(50)32(49)31(48)27(12-39)54-38)9-16-19(42)11-22(45)29(37(16)56-35)28-21(44)10-18(41)15-8-23(46)34(55-36(15)28)13-3-4-17(40)20(43)5-13/h3-7,9-11,23,27,31-34,38-39,46,48-50H,8,12H2,1-2H3,(H6-,40,41,42,43,44,45,47)/p+1/t23-,27+,31+,32-,33+,34+,38+/m0/s1. The van der Waals surface area contributed by atoms with Gasteiger partial charge in [-0.15, -0.1) is 0 Å². The second kappa shape index (κ2) is 14.5. The Kier molecular flexibility index (Phi) is 9.87. The molecular formula is C38H37O18+. The lowest BCUT2D eigenvalue weighted by molar-refractivity contribution is -0.277. The van der Waals surface area contributed by atoms with E-state index in [-0.39, 0.29) is 74.0 Å². The average Bonchev–Trinajstić information content (AvgIpc) is 3.17. The van der Waals surface area contributed by atoms with Gasteiger partial charge in [0.05, 0.1) is 38.1 Å². The Labute approximate surface area is 315 Å². The van der Waals surface area contributed by atoms with E-state index < -0.39 is 89.8 Å². The van der Waals surface area contributed by atoms with E-state index in [1.54, 1.807) is 0 Å². The summed E-state index contributed by atoms with van der Waals surface area (Å²) in [5.74, 6) is -4.82. The van der Waals surface area contributed by atoms with E-state index in [0.29, 0.717) is 0 Å². The number of phenolic OH excluding ortho intramolecular Hbond substituents is 7. The van der Waals surface area contributed by atoms with Gasteiger partial charge in [0.1, 0.15) is 70.2 Å². The molecule has 7 atom stereocenters. The van der Waals surface area contributed by atoms with Crippen molar-refractivity contribution in [2.24, 2.45) is 0 Å². The fourth-order valence-electron chi connectivity index (χ4n) is 6.86. The smallest absolute Gasteiger partial charge is 0.402 e. The van der Waals surface area contributed by atoms with E-state index in [4.69, 9.17) is 28.1 Å². The minimum absolute atomic E-state index is 0.000905. The summed E-state index contributed by atoms with van der Waals surface area (Å²) in [6.07, 6.45) is -11.4. The number of benzene rings is 4. The van der Waals surface area contributed by atoms with Crippen LogP contribution in [0.3, 0.4) is 0 Å². The zero-order chi connectivity index (χ0) is 40.3. The van der Waals surface area contributed by atoms with Gasteiger partial charge in [0.15, 0.2) is 23.0 Å². The lowest BCUT2D eigenvalue weighted by Crippen LogP contribution is -2.60. The Balaban J connectivity index is 1.48. The Bertz CT molecular complexity index is 2300. The van der Waals surface area contributed by atoms with Crippen LogP contribution in [-0.2, 0) is 11.2 Å². The van der Waals surface area contributed by atoms with Crippen LogP contribution >= 0.6 is 0 Å². The molecule has 4 aromatic carbocycles. The molecular weight excluding hydrogens is 744 g/mol. The molecule has 1 saturated heterocycles. The summed E-state index contributed by atoms with van der Waals surface area (Å²) in [5, 5.41) is 128. The molecule has 296 valence electrons. The maximum atomic E-state index is 11.5. The van der Waals surface area contributed by atoms with E-state index in [2.05, 4.69) is 0 Å². The van der Waals surface area contributed by atoms with Crippen molar-refractivity contribution < 1.29 is 89.4 Å². The van der Waals surface area contributed by atoms with Gasteiger partial charge in [0.2, 0.25) is 17.8 Å². The van der Waals surface area contributed by atoms with Gasteiger partial charge in [-0.2, -0.15) is 0 Å². The number of aliphatic hydroxyl groups excluding tert-OH is 5. The number of rotatable bonds is 8. The monoisotopic (exact) mass is 781 g/mol. The van der Waals surface area contributed by atoms with Crippen molar-refractivity contribution in [2.45, 2.75) is 49.3 Å². The first-order valence-corrected chi connectivity index (χ1v) is 16.9. The van der Waals surface area contributed by atoms with Crippen molar-refractivity contribution in [3.05, 3.63) is 59.7 Å². The molecule has 2 aliphatic rings. The molecule has 0 radical (unpaired) electrons. The number of methoxy groups -OCH3 is 2. The van der Waals surface area contributed by atoms with E-state index in [0.717, 1.165) is 18.2 Å². The molecule has 56 heavy (non-hydrogen) atoms. The molecule has 18 nitrogen and oxygen atoms in total. The molecule has 0 saturated carbocycles. The maximum absolute atomic E-state index is 11.5. The van der Waals surface area contributed by atoms with E-state index in [1.807, 2.05) is 0 Å². The van der Waals surface area contributed by atoms with Crippen molar-refractivity contribution in [1.82, 2.24) is 0 Å². The molecule has 2 aliphatic heterocycles. The summed E-state index contributed by atoms with van der Waals surface area (Å²) in [7, 11) is 2.52. The predicted molar refractivity (Wildman–Crippen MR) is 190 cm³/mol. The fraction of sp³-hybridized carbons (Fsp3) is 0.289. The first kappa shape index (κ1) is 38.1. The number of phenols is 7. The molecule has 5 aromatic rings. The molecule has 0 bridgehead atoms. The Morgan fingerprint density at radius 1 is 0.696 bits per heavy atom. The van der Waals surface area contributed by atoms with E-state index in [9.17, 15) is 61.3 Å². The predicted octanol–water partition coefficient (Wildman–Crippen LogP) is 2.22. The summed E-state index contributed by atoms with van der Waals surface area (Å²) >= 11 is 0. The topological polar surface area (TPSA) is 300 Å². The van der Waals surface area contributed by atoms with Gasteiger partial charge in [-0.1, -0.05) is 6.07 Å². The van der Waals surface area contributed by atoms with Crippen LogP contribution in [0.25, 0.3) is 33.4 Å². The molecule has 0 amide bonds. The summed E-state index contributed by atoms with van der Waals surface area (Å²) < 4.78 is 34.8. The Morgan fingerprint density at radius 2 is 1.36 bits per heavy atom. The molecule has 0 spiro atoms. The second-order valence-corrected chi connectivity index (χ2v) is 13.2. The highest BCUT2D eigenvalue weighted by Gasteiger charge is 2.46. The average molecular weight is 782 g/mol. The lowest BCUT2D eigenvalue weighted by Gasteiger charge is -2.39. The van der Waals surface area contributed by atoms with Gasteiger partial charge in [-0.05, 0) is 17.7 Å². The molecule has 0 unspecified atom stereocenters. The third kappa shape index (κ3) is 6.33. The summed E-state index contributed by atoms with van der Waals surface area (Å²) in [5.41, 5.74) is -0.686. The number of aromatic hydroxyl groups is 7. The van der Waals surface area contributed by atoms with Crippen molar-refractivity contribution in [3.8, 4) is 85.7 Å². The third-order valence-electron chi connectivity index (χ3n) is 9.74. The zero-order valence-corrected chi connectivity index (χ0v) is 29.4. The van der Waals surface area contributed by atoms with Crippen LogP contribution in [0, 0.1) is 0 Å². The number of hydrogen-bond donors (Lipinski definition) is 12. The highest BCUT2D eigenvalue weighted by Crippen LogP contribution is 2.56. The van der Waals surface area contributed by atoms with Crippen LogP contribution in [0.2, 0.25) is 0 Å². The summed E-state index contributed by atoms with van der Waals surface area (Å²) in [4.78, 5) is 0. The van der Waals surface area contributed by atoms with Crippen LogP contribution < -0.4 is 18.9 Å². The van der Waals surface area contributed by atoms with Gasteiger partial charge in [-0.25, -0.2) is 4.42 Å². The van der Waals surface area contributed by atoms with Crippen LogP contribution in [0.4, 0.5) is 0 Å². The normalized spacial score (nSPS) is 23.3. The number of fused-ring (bicyclic) bond motifs is 2. The zero-order valence-electron chi connectivity index (χ0n) is 29.4. The molecule has 18 heteroatoms. The molecule has 3 heterocycles. The van der Waals surface area contributed by atoms with Crippen molar-refractivity contribution >= 4 is 11.0 Å². The van der Waals surface area contributed by atoms with Gasteiger partial charge >= 0.3 is 11.3 Å². The highest BCUT2D eigenvalue weighted by atomic mass is 16.7. The highest BCUT2D eigenvalue weighted by molar-refractivity contribution is 6.03. The minimum Gasteiger partial charge on any atom is -0.507 e. The lowest BCUT2D eigenvalue weighted by atomic mass is 9.89. The molecule has 12 N–H and O–H groups in total. The Morgan fingerprint density at radius 3 is 2.00 bits per heavy atom. The SMILES string of the molecule is COc1cc(-c2[o+]c3c(-c4c(O)cc(O)c5c4O[C@H](c4ccc(O)c(O)c4)[C@@H](O)C5)c(O)cc(O)c3cc2O[C@@H]2O[C@H](CO)[C@@H](O)[C@H](O)[C@H]2O)cc(OC)c1O. The minimum atomic E-state index is -1.89. The van der Waals surface area contributed by atoms with Gasteiger partial charge in [0, 0.05) is 42.3 Å². The van der Waals surface area contributed by atoms with Crippen LogP contribution in [0.5, 0.6) is 63.2 Å². The molecule has 1 fully saturated rings. The number of ether oxygens (including phenoxy) is 5. The van der Waals surface area contributed by atoms with Crippen LogP contribution in [0.15, 0.2) is 52.9 Å². The van der Waals surface area contributed by atoms with Crippen LogP contribution in [-0.4, -0.2) is 119 Å². The van der Waals surface area contributed by atoms with Crippen molar-refractivity contribution in [2.75, 3.05) is 20.8 Å². The molecule has 7 rings (SSSR count). The van der Waals surface area contributed by atoms with E-state index in [1.165, 1.54) is 44.6 Å². The third-order valence-corrected chi connectivity index (χ3v) is 9.74. The fourth-order valence-corrected chi connectivity index (χ4v) is 6.86. The number of hydrogen-bond acceptors (Lipinski definition) is 17. The van der Waals surface area contributed by atoms with E-state index >= 15 is 0 Å². The first-order valence-electron chi connectivity index (χ1n) is 16.9. The van der Waals surface area contributed by atoms with Crippen molar-refractivity contribution in [3.63, 3.8) is 0 Å². The largest absolute Gasteiger partial charge is 0.507 e. The Hall–Kier alpha value is -6.15. The van der Waals surface area contributed by atoms with Gasteiger partial charge in [-0.3, -0.25) is 0 Å². The molecule has 1 aromatic heterocycles. The molecule has 0 aliphatic carbocycles. The van der Waals surface area contributed by atoms with Crippen molar-refractivity contribution in [1.29, 1.82) is 0 Å². The number of aliphatic hydroxyl groups is 5. The summed E-state index contributed by atoms with van der Waals surface area (Å²) in [6, 6.07) is 9.35. The quantitative estimate of drug-likeness (QED) is 0.0793. The van der Waals surface area contributed by atoms with Gasteiger partial charge < -0.3 is 85.0 Å².